The molecule has 0 aromatic heterocycles. The van der Waals surface area contributed by atoms with Crippen LogP contribution < -0.4 is 11.2 Å². The molecule has 0 aliphatic carbocycles. The molecule has 0 atom stereocenters. The van der Waals surface area contributed by atoms with E-state index in [0.717, 1.165) is 6.07 Å². The molecule has 104 valence electrons. The summed E-state index contributed by atoms with van der Waals surface area (Å²) in [5, 5.41) is 3.56. The standard InChI is InChI=1S/C12H15ClFN3O2/c1-12(2,3)19-11(18)17-16-10(15)7-4-5-9(14)8(13)6-7/h4-6H,1-3H3,(H2,15,16)(H,17,18). The second-order valence-electron chi connectivity index (χ2n) is 4.74. The summed E-state index contributed by atoms with van der Waals surface area (Å²) < 4.78 is 17.9. The quantitative estimate of drug-likeness (QED) is 0.499. The zero-order chi connectivity index (χ0) is 14.6. The lowest BCUT2D eigenvalue weighted by Crippen LogP contribution is -2.31. The highest BCUT2D eigenvalue weighted by Crippen LogP contribution is 2.15. The van der Waals surface area contributed by atoms with E-state index in [1.165, 1.54) is 12.1 Å². The SMILES string of the molecule is CC(C)(C)OC(=O)N/N=C(\N)c1ccc(F)c(Cl)c1. The van der Waals surface area contributed by atoms with E-state index in [2.05, 4.69) is 10.5 Å². The molecule has 0 aliphatic rings. The summed E-state index contributed by atoms with van der Waals surface area (Å²) in [6.45, 7) is 5.16. The Morgan fingerprint density at radius 2 is 2.11 bits per heavy atom. The number of amides is 1. The van der Waals surface area contributed by atoms with Gasteiger partial charge in [0.2, 0.25) is 0 Å². The minimum Gasteiger partial charge on any atom is -0.443 e. The van der Waals surface area contributed by atoms with Crippen molar-refractivity contribution < 1.29 is 13.9 Å². The summed E-state index contributed by atoms with van der Waals surface area (Å²) in [5.74, 6) is -0.564. The van der Waals surface area contributed by atoms with Gasteiger partial charge in [0, 0.05) is 5.56 Å². The van der Waals surface area contributed by atoms with Crippen molar-refractivity contribution in [3.8, 4) is 0 Å². The van der Waals surface area contributed by atoms with Crippen LogP contribution in [0.25, 0.3) is 0 Å². The van der Waals surface area contributed by atoms with Crippen LogP contribution in [0.1, 0.15) is 26.3 Å². The van der Waals surface area contributed by atoms with Gasteiger partial charge in [-0.25, -0.2) is 14.6 Å². The predicted octanol–water partition coefficient (Wildman–Crippen LogP) is 2.62. The number of nitrogens with two attached hydrogens (primary N) is 1. The van der Waals surface area contributed by atoms with Gasteiger partial charge in [-0.15, -0.1) is 0 Å². The summed E-state index contributed by atoms with van der Waals surface area (Å²) in [5.41, 5.74) is 7.52. The Labute approximate surface area is 115 Å². The van der Waals surface area contributed by atoms with Crippen molar-refractivity contribution in [2.24, 2.45) is 10.8 Å². The molecule has 0 fully saturated rings. The van der Waals surface area contributed by atoms with E-state index < -0.39 is 17.5 Å². The zero-order valence-corrected chi connectivity index (χ0v) is 11.6. The molecule has 0 heterocycles. The van der Waals surface area contributed by atoms with Crippen LogP contribution in [0.4, 0.5) is 9.18 Å². The lowest BCUT2D eigenvalue weighted by atomic mass is 10.2. The highest BCUT2D eigenvalue weighted by Gasteiger charge is 2.15. The molecule has 0 saturated carbocycles. The molecular weight excluding hydrogens is 273 g/mol. The first-order chi connectivity index (χ1) is 8.69. The number of hydrazone groups is 1. The monoisotopic (exact) mass is 287 g/mol. The lowest BCUT2D eigenvalue weighted by Gasteiger charge is -2.18. The molecular formula is C12H15ClFN3O2. The third kappa shape index (κ3) is 5.13. The fourth-order valence-corrected chi connectivity index (χ4v) is 1.31. The first-order valence-corrected chi connectivity index (χ1v) is 5.84. The van der Waals surface area contributed by atoms with E-state index in [1.807, 2.05) is 0 Å². The van der Waals surface area contributed by atoms with Crippen LogP contribution in [0.15, 0.2) is 23.3 Å². The molecule has 1 amide bonds. The molecule has 0 unspecified atom stereocenters. The Kier molecular flexibility index (Phi) is 4.72. The van der Waals surface area contributed by atoms with Crippen LogP contribution in [0, 0.1) is 5.82 Å². The topological polar surface area (TPSA) is 76.7 Å². The Hall–Kier alpha value is -1.82. The summed E-state index contributed by atoms with van der Waals surface area (Å²) in [7, 11) is 0. The number of nitrogens with zero attached hydrogens (tertiary/aromatic N) is 1. The number of ether oxygens (including phenoxy) is 1. The van der Waals surface area contributed by atoms with Gasteiger partial charge in [0.1, 0.15) is 11.4 Å². The van der Waals surface area contributed by atoms with Crippen LogP contribution >= 0.6 is 11.6 Å². The summed E-state index contributed by atoms with van der Waals surface area (Å²) in [6, 6.07) is 3.87. The normalized spacial score (nSPS) is 12.2. The minimum atomic E-state index is -0.733. The van der Waals surface area contributed by atoms with Gasteiger partial charge >= 0.3 is 6.09 Å². The highest BCUT2D eigenvalue weighted by atomic mass is 35.5. The first kappa shape index (κ1) is 15.2. The number of carbonyl (C=O) groups is 1. The van der Waals surface area contributed by atoms with Crippen molar-refractivity contribution in [3.63, 3.8) is 0 Å². The molecule has 19 heavy (non-hydrogen) atoms. The molecule has 1 aromatic carbocycles. The average molecular weight is 288 g/mol. The maximum atomic E-state index is 13.0. The third-order valence-electron chi connectivity index (χ3n) is 1.88. The van der Waals surface area contributed by atoms with Crippen molar-refractivity contribution in [2.45, 2.75) is 26.4 Å². The average Bonchev–Trinajstić information content (AvgIpc) is 2.27. The number of hydrogen-bond donors (Lipinski definition) is 2. The number of halogens is 2. The fraction of sp³-hybridized carbons (Fsp3) is 0.333. The largest absolute Gasteiger partial charge is 0.443 e. The van der Waals surface area contributed by atoms with Crippen molar-refractivity contribution in [2.75, 3.05) is 0 Å². The van der Waals surface area contributed by atoms with Crippen molar-refractivity contribution in [1.82, 2.24) is 5.43 Å². The van der Waals surface area contributed by atoms with E-state index in [4.69, 9.17) is 22.1 Å². The van der Waals surface area contributed by atoms with Crippen LogP contribution in [-0.2, 0) is 4.74 Å². The van der Waals surface area contributed by atoms with Crippen LogP contribution in [0.3, 0.4) is 0 Å². The van der Waals surface area contributed by atoms with Gasteiger partial charge in [0.05, 0.1) is 5.02 Å². The Bertz CT molecular complexity index is 512. The number of benzene rings is 1. The van der Waals surface area contributed by atoms with Gasteiger partial charge in [-0.1, -0.05) is 11.6 Å². The molecule has 0 spiro atoms. The van der Waals surface area contributed by atoms with E-state index in [1.54, 1.807) is 20.8 Å². The Morgan fingerprint density at radius 3 is 2.63 bits per heavy atom. The number of rotatable bonds is 2. The van der Waals surface area contributed by atoms with Crippen LogP contribution in [0.5, 0.6) is 0 Å². The van der Waals surface area contributed by atoms with Gasteiger partial charge in [0.15, 0.2) is 5.84 Å². The molecule has 1 rings (SSSR count). The molecule has 0 saturated heterocycles. The van der Waals surface area contributed by atoms with Crippen LogP contribution in [0.2, 0.25) is 5.02 Å². The Balaban J connectivity index is 2.72. The molecule has 0 bridgehead atoms. The second-order valence-corrected chi connectivity index (χ2v) is 5.15. The number of nitrogens with one attached hydrogen (secondary N) is 1. The molecule has 3 N–H and O–H groups in total. The minimum absolute atomic E-state index is 0.00670. The second kappa shape index (κ2) is 5.88. The maximum Gasteiger partial charge on any atom is 0.428 e. The van der Waals surface area contributed by atoms with Crippen molar-refractivity contribution >= 4 is 23.5 Å². The van der Waals surface area contributed by atoms with E-state index in [9.17, 15) is 9.18 Å². The van der Waals surface area contributed by atoms with Gasteiger partial charge in [-0.2, -0.15) is 5.10 Å². The molecule has 5 nitrogen and oxygen atoms in total. The third-order valence-corrected chi connectivity index (χ3v) is 2.17. The lowest BCUT2D eigenvalue weighted by molar-refractivity contribution is 0.0529. The van der Waals surface area contributed by atoms with Crippen molar-refractivity contribution in [3.05, 3.63) is 34.6 Å². The van der Waals surface area contributed by atoms with Gasteiger partial charge < -0.3 is 10.5 Å². The molecule has 7 heteroatoms. The number of hydrogen-bond acceptors (Lipinski definition) is 3. The van der Waals surface area contributed by atoms with Crippen molar-refractivity contribution in [1.29, 1.82) is 0 Å². The smallest absolute Gasteiger partial charge is 0.428 e. The van der Waals surface area contributed by atoms with Gasteiger partial charge in [-0.3, -0.25) is 0 Å². The zero-order valence-electron chi connectivity index (χ0n) is 10.8. The van der Waals surface area contributed by atoms with E-state index in [-0.39, 0.29) is 10.9 Å². The predicted molar refractivity (Wildman–Crippen MR) is 71.5 cm³/mol. The molecule has 0 aliphatic heterocycles. The summed E-state index contributed by atoms with van der Waals surface area (Å²) in [4.78, 5) is 11.3. The fourth-order valence-electron chi connectivity index (χ4n) is 1.13. The molecule has 0 radical (unpaired) electrons. The highest BCUT2D eigenvalue weighted by molar-refractivity contribution is 6.31. The number of amidine groups is 1. The summed E-state index contributed by atoms with van der Waals surface area (Å²) >= 11 is 5.61. The first-order valence-electron chi connectivity index (χ1n) is 5.46. The van der Waals surface area contributed by atoms with E-state index in [0.29, 0.717) is 5.56 Å². The maximum absolute atomic E-state index is 13.0. The molecule has 1 aromatic rings. The van der Waals surface area contributed by atoms with E-state index >= 15 is 0 Å². The van der Waals surface area contributed by atoms with Gasteiger partial charge in [-0.05, 0) is 39.0 Å². The van der Waals surface area contributed by atoms with Gasteiger partial charge in [0.25, 0.3) is 0 Å². The number of carbonyl (C=O) groups excluding carboxylic acids is 1. The summed E-state index contributed by atoms with van der Waals surface area (Å²) in [6.07, 6.45) is -0.733. The van der Waals surface area contributed by atoms with Crippen LogP contribution in [-0.4, -0.2) is 17.5 Å². The Morgan fingerprint density at radius 1 is 1.47 bits per heavy atom.